The van der Waals surface area contributed by atoms with E-state index in [2.05, 4.69) is 17.0 Å². The number of alkyl carbamates (subject to hydrolysis) is 1. The maximum atomic E-state index is 12.5. The summed E-state index contributed by atoms with van der Waals surface area (Å²) in [5.41, 5.74) is 0.852. The summed E-state index contributed by atoms with van der Waals surface area (Å²) in [5.74, 6) is -0.0328. The van der Waals surface area contributed by atoms with Gasteiger partial charge in [0.1, 0.15) is 0 Å². The second-order valence-corrected chi connectivity index (χ2v) is 6.96. The predicted molar refractivity (Wildman–Crippen MR) is 88.8 cm³/mol. The van der Waals surface area contributed by atoms with Crippen molar-refractivity contribution in [2.24, 2.45) is 0 Å². The van der Waals surface area contributed by atoms with Gasteiger partial charge >= 0.3 is 6.09 Å². The molecular formula is C15H19ClN2O3S. The number of ether oxygens (including phenoxy) is 1. The number of carbonyl (C=O) groups is 2. The number of anilines is 1. The van der Waals surface area contributed by atoms with E-state index in [0.717, 1.165) is 17.0 Å². The largest absolute Gasteiger partial charge is 0.453 e. The van der Waals surface area contributed by atoms with Crippen molar-refractivity contribution in [3.05, 3.63) is 23.2 Å². The maximum absolute atomic E-state index is 12.5. The number of amides is 2. The van der Waals surface area contributed by atoms with Crippen LogP contribution in [0.25, 0.3) is 0 Å². The molecule has 0 aliphatic carbocycles. The van der Waals surface area contributed by atoms with Crippen molar-refractivity contribution in [3.63, 3.8) is 0 Å². The second kappa shape index (κ2) is 7.74. The fraction of sp³-hybridized carbons (Fsp3) is 0.467. The molecule has 1 aliphatic heterocycles. The number of benzene rings is 1. The number of fused-ring (bicyclic) bond motifs is 1. The number of thioether (sulfide) groups is 1. The predicted octanol–water partition coefficient (Wildman–Crippen LogP) is 3.30. The molecule has 1 aromatic rings. The van der Waals surface area contributed by atoms with E-state index in [0.29, 0.717) is 16.8 Å². The molecule has 2 rings (SSSR count). The SMILES string of the molecule is COC(=O)NCCC(=O)N1CCC(C)Sc2ccc(Cl)cc21. The smallest absolute Gasteiger partial charge is 0.406 e. The highest BCUT2D eigenvalue weighted by molar-refractivity contribution is 8.00. The average Bonchev–Trinajstić information content (AvgIpc) is 2.65. The van der Waals surface area contributed by atoms with Gasteiger partial charge in [-0.1, -0.05) is 18.5 Å². The first kappa shape index (κ1) is 17.0. The number of halogens is 1. The molecule has 1 aromatic carbocycles. The molecule has 1 N–H and O–H groups in total. The minimum Gasteiger partial charge on any atom is -0.453 e. The number of nitrogens with one attached hydrogen (secondary N) is 1. The Labute approximate surface area is 139 Å². The lowest BCUT2D eigenvalue weighted by molar-refractivity contribution is -0.118. The van der Waals surface area contributed by atoms with Crippen LogP contribution in [0.2, 0.25) is 5.02 Å². The molecule has 1 heterocycles. The molecule has 0 aromatic heterocycles. The Morgan fingerprint density at radius 2 is 2.27 bits per heavy atom. The zero-order chi connectivity index (χ0) is 16.1. The summed E-state index contributed by atoms with van der Waals surface area (Å²) in [6.45, 7) is 3.05. The topological polar surface area (TPSA) is 58.6 Å². The van der Waals surface area contributed by atoms with Crippen LogP contribution in [0.3, 0.4) is 0 Å². The van der Waals surface area contributed by atoms with Gasteiger partial charge in [0.2, 0.25) is 5.91 Å². The van der Waals surface area contributed by atoms with Crippen LogP contribution in [0.4, 0.5) is 10.5 Å². The highest BCUT2D eigenvalue weighted by Crippen LogP contribution is 2.39. The maximum Gasteiger partial charge on any atom is 0.406 e. The number of hydrogen-bond donors (Lipinski definition) is 1. The van der Waals surface area contributed by atoms with Crippen molar-refractivity contribution < 1.29 is 14.3 Å². The minimum atomic E-state index is -0.531. The standard InChI is InChI=1S/C15H19ClN2O3S/c1-10-6-8-18(14(19)5-7-17-15(20)21-2)12-9-11(16)3-4-13(12)22-10/h3-4,9-10H,5-8H2,1-2H3,(H,17,20). The molecule has 1 unspecified atom stereocenters. The molecule has 1 atom stereocenters. The van der Waals surface area contributed by atoms with E-state index in [4.69, 9.17) is 11.6 Å². The van der Waals surface area contributed by atoms with E-state index in [-0.39, 0.29) is 18.9 Å². The Bertz CT molecular complexity index is 568. The van der Waals surface area contributed by atoms with E-state index in [9.17, 15) is 9.59 Å². The van der Waals surface area contributed by atoms with Crippen LogP contribution in [-0.4, -0.2) is 37.4 Å². The van der Waals surface area contributed by atoms with Crippen molar-refractivity contribution in [2.45, 2.75) is 29.9 Å². The fourth-order valence-electron chi connectivity index (χ4n) is 2.25. The van der Waals surface area contributed by atoms with Crippen LogP contribution in [0.15, 0.2) is 23.1 Å². The molecule has 0 bridgehead atoms. The van der Waals surface area contributed by atoms with Crippen molar-refractivity contribution in [1.29, 1.82) is 0 Å². The van der Waals surface area contributed by atoms with Crippen molar-refractivity contribution in [2.75, 3.05) is 25.1 Å². The monoisotopic (exact) mass is 342 g/mol. The number of nitrogens with zero attached hydrogens (tertiary/aromatic N) is 1. The Kier molecular flexibility index (Phi) is 5.97. The molecule has 5 nitrogen and oxygen atoms in total. The van der Waals surface area contributed by atoms with Crippen LogP contribution in [0.1, 0.15) is 19.8 Å². The van der Waals surface area contributed by atoms with Crippen molar-refractivity contribution >= 4 is 41.1 Å². The van der Waals surface area contributed by atoms with Gasteiger partial charge in [-0.25, -0.2) is 4.79 Å². The third-order valence-electron chi connectivity index (χ3n) is 3.39. The van der Waals surface area contributed by atoms with Crippen LogP contribution in [-0.2, 0) is 9.53 Å². The molecule has 7 heteroatoms. The summed E-state index contributed by atoms with van der Waals surface area (Å²) in [5, 5.41) is 3.57. The van der Waals surface area contributed by atoms with Crippen molar-refractivity contribution in [1.82, 2.24) is 5.32 Å². The Hall–Kier alpha value is -1.40. The van der Waals surface area contributed by atoms with Gasteiger partial charge in [0.05, 0.1) is 12.8 Å². The average molecular weight is 343 g/mol. The van der Waals surface area contributed by atoms with Gasteiger partial charge in [-0.3, -0.25) is 4.79 Å². The zero-order valence-electron chi connectivity index (χ0n) is 12.6. The van der Waals surface area contributed by atoms with Gasteiger partial charge < -0.3 is 15.0 Å². The van der Waals surface area contributed by atoms with E-state index < -0.39 is 6.09 Å². The zero-order valence-corrected chi connectivity index (χ0v) is 14.2. The summed E-state index contributed by atoms with van der Waals surface area (Å²) in [6.07, 6.45) is 0.601. The number of rotatable bonds is 3. The van der Waals surface area contributed by atoms with Gasteiger partial charge in [-0.05, 0) is 24.6 Å². The molecule has 22 heavy (non-hydrogen) atoms. The van der Waals surface area contributed by atoms with Crippen LogP contribution < -0.4 is 10.2 Å². The van der Waals surface area contributed by atoms with E-state index in [1.54, 1.807) is 16.7 Å². The summed E-state index contributed by atoms with van der Waals surface area (Å²) < 4.78 is 4.49. The molecule has 0 saturated carbocycles. The normalized spacial score (nSPS) is 17.4. The Morgan fingerprint density at radius 1 is 1.50 bits per heavy atom. The lowest BCUT2D eigenvalue weighted by atomic mass is 10.2. The summed E-state index contributed by atoms with van der Waals surface area (Å²) >= 11 is 7.83. The first-order chi connectivity index (χ1) is 10.5. The van der Waals surface area contributed by atoms with E-state index >= 15 is 0 Å². The quantitative estimate of drug-likeness (QED) is 0.915. The van der Waals surface area contributed by atoms with Crippen molar-refractivity contribution in [3.8, 4) is 0 Å². The van der Waals surface area contributed by atoms with Crippen LogP contribution in [0, 0.1) is 0 Å². The molecule has 0 radical (unpaired) electrons. The highest BCUT2D eigenvalue weighted by atomic mass is 35.5. The lowest BCUT2D eigenvalue weighted by Crippen LogP contribution is -2.35. The molecular weight excluding hydrogens is 324 g/mol. The summed E-state index contributed by atoms with van der Waals surface area (Å²) in [7, 11) is 1.29. The molecule has 0 fully saturated rings. The number of carbonyl (C=O) groups excluding carboxylic acids is 2. The van der Waals surface area contributed by atoms with Gasteiger partial charge in [-0.2, -0.15) is 0 Å². The van der Waals surface area contributed by atoms with E-state index in [1.165, 1.54) is 7.11 Å². The summed E-state index contributed by atoms with van der Waals surface area (Å²) in [4.78, 5) is 26.3. The van der Waals surface area contributed by atoms with Gasteiger partial charge in [0.15, 0.2) is 0 Å². The first-order valence-corrected chi connectivity index (χ1v) is 8.35. The first-order valence-electron chi connectivity index (χ1n) is 7.09. The Balaban J connectivity index is 2.11. The van der Waals surface area contributed by atoms with E-state index in [1.807, 2.05) is 18.2 Å². The summed E-state index contributed by atoms with van der Waals surface area (Å²) in [6, 6.07) is 5.62. The van der Waals surface area contributed by atoms with Gasteiger partial charge in [-0.15, -0.1) is 11.8 Å². The molecule has 120 valence electrons. The van der Waals surface area contributed by atoms with Crippen LogP contribution >= 0.6 is 23.4 Å². The number of hydrogen-bond acceptors (Lipinski definition) is 4. The Morgan fingerprint density at radius 3 is 3.00 bits per heavy atom. The molecule has 0 saturated heterocycles. The third-order valence-corrected chi connectivity index (χ3v) is 4.87. The van der Waals surface area contributed by atoms with Crippen LogP contribution in [0.5, 0.6) is 0 Å². The highest BCUT2D eigenvalue weighted by Gasteiger charge is 2.24. The molecule has 1 aliphatic rings. The minimum absolute atomic E-state index is 0.0328. The number of methoxy groups -OCH3 is 1. The lowest BCUT2D eigenvalue weighted by Gasteiger charge is -2.23. The van der Waals surface area contributed by atoms with Gasteiger partial charge in [0.25, 0.3) is 0 Å². The van der Waals surface area contributed by atoms with Gasteiger partial charge in [0, 0.05) is 34.7 Å². The molecule has 2 amide bonds. The third kappa shape index (κ3) is 4.30. The second-order valence-electron chi connectivity index (χ2n) is 5.04. The molecule has 0 spiro atoms. The fourth-order valence-corrected chi connectivity index (χ4v) is 3.51.